The van der Waals surface area contributed by atoms with E-state index in [4.69, 9.17) is 9.47 Å². The number of fused-ring (bicyclic) bond motifs is 1. The van der Waals surface area contributed by atoms with E-state index in [2.05, 4.69) is 0 Å². The first-order chi connectivity index (χ1) is 13.0. The summed E-state index contributed by atoms with van der Waals surface area (Å²) in [5.74, 6) is 0.291. The van der Waals surface area contributed by atoms with E-state index in [0.29, 0.717) is 35.2 Å². The van der Waals surface area contributed by atoms with Crippen LogP contribution in [0.25, 0.3) is 10.9 Å². The van der Waals surface area contributed by atoms with E-state index in [1.807, 2.05) is 31.2 Å². The minimum Gasteiger partial charge on any atom is -0.497 e. The number of carbonyl (C=O) groups is 1. The van der Waals surface area contributed by atoms with Gasteiger partial charge in [-0.15, -0.1) is 0 Å². The lowest BCUT2D eigenvalue weighted by Crippen LogP contribution is -2.18. The van der Waals surface area contributed by atoms with Gasteiger partial charge in [0.2, 0.25) is 0 Å². The molecular formula is C21H21NO5. The van der Waals surface area contributed by atoms with Gasteiger partial charge in [-0.25, -0.2) is 0 Å². The van der Waals surface area contributed by atoms with E-state index in [-0.39, 0.29) is 12.0 Å². The average Bonchev–Trinajstić information content (AvgIpc) is 2.66. The van der Waals surface area contributed by atoms with Gasteiger partial charge in [0.25, 0.3) is 0 Å². The molecule has 0 amide bonds. The Morgan fingerprint density at radius 3 is 2.63 bits per heavy atom. The lowest BCUT2D eigenvalue weighted by Gasteiger charge is -2.14. The molecule has 0 atom stereocenters. The average molecular weight is 367 g/mol. The molecule has 0 unspecified atom stereocenters. The lowest BCUT2D eigenvalue weighted by molar-refractivity contribution is -0.137. The topological polar surface area (TPSA) is 77.8 Å². The Bertz CT molecular complexity index is 1040. The molecule has 0 radical (unpaired) electrons. The minimum atomic E-state index is -0.976. The van der Waals surface area contributed by atoms with Crippen molar-refractivity contribution in [1.82, 2.24) is 4.57 Å². The zero-order chi connectivity index (χ0) is 19.4. The van der Waals surface area contributed by atoms with Crippen LogP contribution >= 0.6 is 0 Å². The fourth-order valence-electron chi connectivity index (χ4n) is 3.12. The van der Waals surface area contributed by atoms with Gasteiger partial charge in [0.1, 0.15) is 18.0 Å². The van der Waals surface area contributed by atoms with E-state index < -0.39 is 5.97 Å². The summed E-state index contributed by atoms with van der Waals surface area (Å²) in [6.07, 6.45) is 1.97. The SMILES string of the molecule is CCOc1ccccc1Cc1cn(CC(=O)O)c2ccc(OC)cc2c1=O. The third kappa shape index (κ3) is 3.95. The predicted molar refractivity (Wildman–Crippen MR) is 103 cm³/mol. The zero-order valence-electron chi connectivity index (χ0n) is 15.3. The highest BCUT2D eigenvalue weighted by molar-refractivity contribution is 5.82. The smallest absolute Gasteiger partial charge is 0.323 e. The van der Waals surface area contributed by atoms with Crippen LogP contribution in [-0.2, 0) is 17.8 Å². The minimum absolute atomic E-state index is 0.142. The molecule has 1 aromatic heterocycles. The predicted octanol–water partition coefficient (Wildman–Crippen LogP) is 3.08. The summed E-state index contributed by atoms with van der Waals surface area (Å²) in [7, 11) is 1.53. The zero-order valence-corrected chi connectivity index (χ0v) is 15.3. The molecule has 0 bridgehead atoms. The number of rotatable bonds is 7. The van der Waals surface area contributed by atoms with E-state index in [0.717, 1.165) is 11.3 Å². The van der Waals surface area contributed by atoms with Gasteiger partial charge in [-0.1, -0.05) is 18.2 Å². The molecular weight excluding hydrogens is 346 g/mol. The Morgan fingerprint density at radius 1 is 1.15 bits per heavy atom. The highest BCUT2D eigenvalue weighted by Crippen LogP contribution is 2.23. The molecule has 0 saturated heterocycles. The molecule has 1 N–H and O–H groups in total. The van der Waals surface area contributed by atoms with Gasteiger partial charge in [-0.05, 0) is 36.8 Å². The summed E-state index contributed by atoms with van der Waals surface area (Å²) < 4.78 is 12.4. The van der Waals surface area contributed by atoms with E-state index in [9.17, 15) is 14.7 Å². The largest absolute Gasteiger partial charge is 0.497 e. The van der Waals surface area contributed by atoms with E-state index in [1.54, 1.807) is 29.0 Å². The quantitative estimate of drug-likeness (QED) is 0.694. The number of hydrogen-bond donors (Lipinski definition) is 1. The van der Waals surface area contributed by atoms with Gasteiger partial charge < -0.3 is 19.1 Å². The number of aromatic nitrogens is 1. The van der Waals surface area contributed by atoms with Crippen LogP contribution in [0.1, 0.15) is 18.1 Å². The molecule has 0 aliphatic rings. The molecule has 140 valence electrons. The standard InChI is InChI=1S/C21H21NO5/c1-3-27-19-7-5-4-6-14(19)10-15-12-22(13-20(23)24)18-9-8-16(26-2)11-17(18)21(15)25/h4-9,11-12H,3,10,13H2,1-2H3,(H,23,24). The number of methoxy groups -OCH3 is 1. The molecule has 6 heteroatoms. The fourth-order valence-corrected chi connectivity index (χ4v) is 3.12. The number of ether oxygens (including phenoxy) is 2. The van der Waals surface area contributed by atoms with Crippen molar-refractivity contribution in [2.24, 2.45) is 0 Å². The summed E-state index contributed by atoms with van der Waals surface area (Å²) in [5.41, 5.74) is 1.80. The Balaban J connectivity index is 2.16. The van der Waals surface area contributed by atoms with Crippen molar-refractivity contribution < 1.29 is 19.4 Å². The molecule has 0 saturated carbocycles. The molecule has 1 heterocycles. The number of aliphatic carboxylic acids is 1. The van der Waals surface area contributed by atoms with Gasteiger partial charge in [-0.2, -0.15) is 0 Å². The number of para-hydroxylation sites is 1. The second kappa shape index (κ2) is 7.95. The van der Waals surface area contributed by atoms with Crippen LogP contribution in [0.2, 0.25) is 0 Å². The van der Waals surface area contributed by atoms with Crippen LogP contribution < -0.4 is 14.9 Å². The van der Waals surface area contributed by atoms with Crippen LogP contribution in [0, 0.1) is 0 Å². The van der Waals surface area contributed by atoms with E-state index >= 15 is 0 Å². The third-order valence-electron chi connectivity index (χ3n) is 4.32. The number of benzene rings is 2. The van der Waals surface area contributed by atoms with Crippen LogP contribution in [0.3, 0.4) is 0 Å². The molecule has 0 fully saturated rings. The first-order valence-electron chi connectivity index (χ1n) is 8.66. The molecule has 0 spiro atoms. The van der Waals surface area contributed by atoms with Crippen LogP contribution in [0.5, 0.6) is 11.5 Å². The van der Waals surface area contributed by atoms with Crippen LogP contribution in [0.15, 0.2) is 53.5 Å². The van der Waals surface area contributed by atoms with Crippen LogP contribution in [-0.4, -0.2) is 29.4 Å². The monoisotopic (exact) mass is 367 g/mol. The molecule has 6 nitrogen and oxygen atoms in total. The van der Waals surface area contributed by atoms with Crippen molar-refractivity contribution in [3.05, 3.63) is 70.0 Å². The first kappa shape index (κ1) is 18.5. The van der Waals surface area contributed by atoms with Gasteiger partial charge in [0.05, 0.1) is 19.2 Å². The van der Waals surface area contributed by atoms with Gasteiger partial charge in [0.15, 0.2) is 5.43 Å². The number of nitrogens with zero attached hydrogens (tertiary/aromatic N) is 1. The summed E-state index contributed by atoms with van der Waals surface area (Å²) in [6, 6.07) is 12.6. The Hall–Kier alpha value is -3.28. The fraction of sp³-hybridized carbons (Fsp3) is 0.238. The second-order valence-corrected chi connectivity index (χ2v) is 6.11. The molecule has 0 aliphatic carbocycles. The maximum atomic E-state index is 13.1. The molecule has 3 rings (SSSR count). The Labute approximate surface area is 156 Å². The van der Waals surface area contributed by atoms with Crippen molar-refractivity contribution in [3.8, 4) is 11.5 Å². The molecule has 0 aliphatic heterocycles. The first-order valence-corrected chi connectivity index (χ1v) is 8.66. The van der Waals surface area contributed by atoms with Crippen molar-refractivity contribution in [2.75, 3.05) is 13.7 Å². The third-order valence-corrected chi connectivity index (χ3v) is 4.32. The number of hydrogen-bond acceptors (Lipinski definition) is 4. The highest BCUT2D eigenvalue weighted by Gasteiger charge is 2.14. The normalized spacial score (nSPS) is 10.7. The summed E-state index contributed by atoms with van der Waals surface area (Å²) in [4.78, 5) is 24.3. The Kier molecular flexibility index (Phi) is 5.45. The summed E-state index contributed by atoms with van der Waals surface area (Å²) in [6.45, 7) is 2.19. The molecule has 2 aromatic carbocycles. The number of carboxylic acids is 1. The summed E-state index contributed by atoms with van der Waals surface area (Å²) in [5, 5.41) is 9.68. The van der Waals surface area contributed by atoms with Crippen molar-refractivity contribution in [1.29, 1.82) is 0 Å². The van der Waals surface area contributed by atoms with Gasteiger partial charge in [-0.3, -0.25) is 9.59 Å². The highest BCUT2D eigenvalue weighted by atomic mass is 16.5. The lowest BCUT2D eigenvalue weighted by atomic mass is 10.0. The van der Waals surface area contributed by atoms with Gasteiger partial charge in [0, 0.05) is 23.6 Å². The van der Waals surface area contributed by atoms with E-state index in [1.165, 1.54) is 7.11 Å². The number of carboxylic acid groups (broad SMARTS) is 1. The maximum Gasteiger partial charge on any atom is 0.323 e. The van der Waals surface area contributed by atoms with Gasteiger partial charge >= 0.3 is 5.97 Å². The Morgan fingerprint density at radius 2 is 1.93 bits per heavy atom. The second-order valence-electron chi connectivity index (χ2n) is 6.11. The number of pyridine rings is 1. The summed E-state index contributed by atoms with van der Waals surface area (Å²) >= 11 is 0. The molecule has 27 heavy (non-hydrogen) atoms. The molecule has 3 aromatic rings. The van der Waals surface area contributed by atoms with Crippen molar-refractivity contribution >= 4 is 16.9 Å². The maximum absolute atomic E-state index is 13.1. The van der Waals surface area contributed by atoms with Crippen molar-refractivity contribution in [3.63, 3.8) is 0 Å². The van der Waals surface area contributed by atoms with Crippen molar-refractivity contribution in [2.45, 2.75) is 19.9 Å². The van der Waals surface area contributed by atoms with Crippen LogP contribution in [0.4, 0.5) is 0 Å².